The molecular formula is C12H15N5O. The number of nitrogens with zero attached hydrogens (tertiary/aromatic N) is 3. The summed E-state index contributed by atoms with van der Waals surface area (Å²) in [6.45, 7) is 2.17. The zero-order valence-corrected chi connectivity index (χ0v) is 10.1. The molecule has 0 aliphatic rings. The molecule has 1 aromatic carbocycles. The predicted octanol–water partition coefficient (Wildman–Crippen LogP) is 0.231. The van der Waals surface area contributed by atoms with Gasteiger partial charge >= 0.3 is 0 Å². The van der Waals surface area contributed by atoms with Gasteiger partial charge in [0.15, 0.2) is 0 Å². The second-order valence-corrected chi connectivity index (χ2v) is 3.97. The highest BCUT2D eigenvalue weighted by Crippen LogP contribution is 2.04. The molecule has 0 bridgehead atoms. The molecule has 1 heterocycles. The molecule has 1 atom stereocenters. The molecule has 0 fully saturated rings. The Hall–Kier alpha value is -2.21. The predicted molar refractivity (Wildman–Crippen MR) is 66.9 cm³/mol. The van der Waals surface area contributed by atoms with Crippen molar-refractivity contribution in [2.24, 2.45) is 5.73 Å². The van der Waals surface area contributed by atoms with Gasteiger partial charge in [-0.3, -0.25) is 4.79 Å². The number of carbonyl (C=O) groups is 1. The minimum Gasteiger partial charge on any atom is -0.368 e. The summed E-state index contributed by atoms with van der Waals surface area (Å²) in [4.78, 5) is 12.4. The first kappa shape index (κ1) is 12.3. The van der Waals surface area contributed by atoms with Crippen molar-refractivity contribution in [1.82, 2.24) is 20.3 Å². The lowest BCUT2D eigenvalue weighted by molar-refractivity contribution is -0.119. The molecule has 18 heavy (non-hydrogen) atoms. The molecule has 0 spiro atoms. The normalized spacial score (nSPS) is 12.3. The average molecular weight is 245 g/mol. The number of primary amides is 1. The van der Waals surface area contributed by atoms with Crippen molar-refractivity contribution in [2.75, 3.05) is 0 Å². The monoisotopic (exact) mass is 245 g/mol. The van der Waals surface area contributed by atoms with Crippen LogP contribution in [0.15, 0.2) is 36.5 Å². The maximum Gasteiger partial charge on any atom is 0.234 e. The lowest BCUT2D eigenvalue weighted by Crippen LogP contribution is -2.38. The van der Waals surface area contributed by atoms with Gasteiger partial charge in [-0.15, -0.1) is 0 Å². The van der Waals surface area contributed by atoms with E-state index in [9.17, 15) is 4.79 Å². The second-order valence-electron chi connectivity index (χ2n) is 3.97. The van der Waals surface area contributed by atoms with Gasteiger partial charge in [0.05, 0.1) is 23.6 Å². The number of hydrogen-bond donors (Lipinski definition) is 2. The minimum absolute atomic E-state index is 0.383. The van der Waals surface area contributed by atoms with E-state index in [0.29, 0.717) is 6.54 Å². The minimum atomic E-state index is -0.384. The molecule has 0 saturated carbocycles. The molecular weight excluding hydrogens is 230 g/mol. The number of hydrogen-bond acceptors (Lipinski definition) is 4. The van der Waals surface area contributed by atoms with Gasteiger partial charge in [-0.25, -0.2) is 0 Å². The fourth-order valence-electron chi connectivity index (χ4n) is 1.42. The molecule has 0 saturated heterocycles. The van der Waals surface area contributed by atoms with E-state index in [2.05, 4.69) is 15.5 Å². The maximum atomic E-state index is 10.9. The number of amides is 1. The van der Waals surface area contributed by atoms with Gasteiger partial charge in [-0.05, 0) is 19.1 Å². The summed E-state index contributed by atoms with van der Waals surface area (Å²) < 4.78 is 0. The molecule has 2 aromatic rings. The van der Waals surface area contributed by atoms with E-state index in [1.807, 2.05) is 30.3 Å². The third kappa shape index (κ3) is 2.92. The average Bonchev–Trinajstić information content (AvgIpc) is 2.85. The van der Waals surface area contributed by atoms with E-state index < -0.39 is 0 Å². The number of nitrogens with two attached hydrogens (primary N) is 1. The molecule has 1 aromatic heterocycles. The first-order valence-electron chi connectivity index (χ1n) is 5.66. The Morgan fingerprint density at radius 2 is 2.17 bits per heavy atom. The number of rotatable bonds is 5. The van der Waals surface area contributed by atoms with Gasteiger partial charge in [0.25, 0.3) is 0 Å². The zero-order valence-electron chi connectivity index (χ0n) is 10.1. The van der Waals surface area contributed by atoms with Crippen LogP contribution in [0.5, 0.6) is 0 Å². The topological polar surface area (TPSA) is 85.8 Å². The van der Waals surface area contributed by atoms with Crippen molar-refractivity contribution < 1.29 is 4.79 Å². The summed E-state index contributed by atoms with van der Waals surface area (Å²) in [5, 5.41) is 11.4. The standard InChI is InChI=1S/C12H15N5O/c1-9(12(13)18)14-7-10-8-15-17(16-10)11-5-3-2-4-6-11/h2-6,8-9,14H,7H2,1H3,(H2,13,18). The van der Waals surface area contributed by atoms with Crippen LogP contribution in [-0.2, 0) is 11.3 Å². The smallest absolute Gasteiger partial charge is 0.234 e. The fourth-order valence-corrected chi connectivity index (χ4v) is 1.42. The second kappa shape index (κ2) is 5.42. The largest absolute Gasteiger partial charge is 0.368 e. The maximum absolute atomic E-state index is 10.9. The highest BCUT2D eigenvalue weighted by Gasteiger charge is 2.09. The number of para-hydroxylation sites is 1. The molecule has 6 heteroatoms. The van der Waals surface area contributed by atoms with E-state index in [-0.39, 0.29) is 11.9 Å². The molecule has 1 unspecified atom stereocenters. The number of carbonyl (C=O) groups excluding carboxylic acids is 1. The van der Waals surface area contributed by atoms with Crippen LogP contribution in [0.3, 0.4) is 0 Å². The number of benzene rings is 1. The third-order valence-electron chi connectivity index (χ3n) is 2.54. The highest BCUT2D eigenvalue weighted by atomic mass is 16.1. The summed E-state index contributed by atoms with van der Waals surface area (Å²) in [7, 11) is 0. The fraction of sp³-hybridized carbons (Fsp3) is 0.250. The van der Waals surface area contributed by atoms with Crippen LogP contribution < -0.4 is 11.1 Å². The van der Waals surface area contributed by atoms with E-state index in [4.69, 9.17) is 5.73 Å². The highest BCUT2D eigenvalue weighted by molar-refractivity contribution is 5.79. The van der Waals surface area contributed by atoms with E-state index in [1.54, 1.807) is 17.9 Å². The number of aromatic nitrogens is 3. The Morgan fingerprint density at radius 3 is 2.83 bits per heavy atom. The molecule has 0 aliphatic heterocycles. The lowest BCUT2D eigenvalue weighted by Gasteiger charge is -2.07. The summed E-state index contributed by atoms with van der Waals surface area (Å²) in [6, 6.07) is 9.24. The summed E-state index contributed by atoms with van der Waals surface area (Å²) >= 11 is 0. The number of nitrogens with one attached hydrogen (secondary N) is 1. The van der Waals surface area contributed by atoms with E-state index in [1.165, 1.54) is 0 Å². The van der Waals surface area contributed by atoms with Crippen LogP contribution in [-0.4, -0.2) is 26.9 Å². The first-order chi connectivity index (χ1) is 8.66. The van der Waals surface area contributed by atoms with Crippen molar-refractivity contribution in [2.45, 2.75) is 19.5 Å². The van der Waals surface area contributed by atoms with E-state index >= 15 is 0 Å². The van der Waals surface area contributed by atoms with Gasteiger partial charge < -0.3 is 11.1 Å². The van der Waals surface area contributed by atoms with Crippen LogP contribution in [0, 0.1) is 0 Å². The van der Waals surface area contributed by atoms with Crippen molar-refractivity contribution in [3.8, 4) is 5.69 Å². The zero-order chi connectivity index (χ0) is 13.0. The van der Waals surface area contributed by atoms with Gasteiger partial charge in [-0.2, -0.15) is 15.0 Å². The Morgan fingerprint density at radius 1 is 1.44 bits per heavy atom. The molecule has 1 amide bonds. The van der Waals surface area contributed by atoms with Crippen molar-refractivity contribution in [3.63, 3.8) is 0 Å². The molecule has 94 valence electrons. The van der Waals surface area contributed by atoms with Crippen LogP contribution >= 0.6 is 0 Å². The van der Waals surface area contributed by atoms with Gasteiger partial charge in [0.2, 0.25) is 5.91 Å². The SMILES string of the molecule is CC(NCc1cnn(-c2ccccc2)n1)C(N)=O. The van der Waals surface area contributed by atoms with Crippen molar-refractivity contribution >= 4 is 5.91 Å². The Labute approximate surface area is 105 Å². The molecule has 2 rings (SSSR count). The molecule has 0 aliphatic carbocycles. The van der Waals surface area contributed by atoms with Crippen LogP contribution in [0.1, 0.15) is 12.6 Å². The van der Waals surface area contributed by atoms with E-state index in [0.717, 1.165) is 11.4 Å². The van der Waals surface area contributed by atoms with Gasteiger partial charge in [-0.1, -0.05) is 18.2 Å². The van der Waals surface area contributed by atoms with Crippen LogP contribution in [0.4, 0.5) is 0 Å². The molecule has 0 radical (unpaired) electrons. The Balaban J connectivity index is 2.01. The third-order valence-corrected chi connectivity index (χ3v) is 2.54. The van der Waals surface area contributed by atoms with Gasteiger partial charge in [0, 0.05) is 6.54 Å². The lowest BCUT2D eigenvalue weighted by atomic mass is 10.3. The Kier molecular flexibility index (Phi) is 3.69. The molecule has 6 nitrogen and oxygen atoms in total. The summed E-state index contributed by atoms with van der Waals surface area (Å²) in [6.07, 6.45) is 1.66. The molecule has 3 N–H and O–H groups in total. The van der Waals surface area contributed by atoms with Crippen molar-refractivity contribution in [3.05, 3.63) is 42.2 Å². The van der Waals surface area contributed by atoms with Crippen LogP contribution in [0.25, 0.3) is 5.69 Å². The van der Waals surface area contributed by atoms with Gasteiger partial charge in [0.1, 0.15) is 0 Å². The quantitative estimate of drug-likeness (QED) is 0.789. The first-order valence-corrected chi connectivity index (χ1v) is 5.66. The van der Waals surface area contributed by atoms with Crippen molar-refractivity contribution in [1.29, 1.82) is 0 Å². The summed E-state index contributed by atoms with van der Waals surface area (Å²) in [5.74, 6) is -0.384. The van der Waals surface area contributed by atoms with Crippen LogP contribution in [0.2, 0.25) is 0 Å². The summed E-state index contributed by atoms with van der Waals surface area (Å²) in [5.41, 5.74) is 6.81. The Bertz CT molecular complexity index is 522.